The zero-order valence-corrected chi connectivity index (χ0v) is 16.4. The fraction of sp³-hybridized carbons (Fsp3) is 0. The third kappa shape index (κ3) is 4.45. The number of hydrogen-bond donors (Lipinski definition) is 1. The molecule has 1 aromatic heterocycles. The van der Waals surface area contributed by atoms with Gasteiger partial charge in [0.1, 0.15) is 11.5 Å². The van der Waals surface area contributed by atoms with E-state index >= 15 is 0 Å². The summed E-state index contributed by atoms with van der Waals surface area (Å²) >= 11 is 5.84. The van der Waals surface area contributed by atoms with Crippen LogP contribution in [0.25, 0.3) is 16.9 Å². The topological polar surface area (TPSA) is 59.3 Å². The van der Waals surface area contributed by atoms with Crippen molar-refractivity contribution in [1.82, 2.24) is 15.2 Å². The standard InChI is InChI=1S/C23H16ClFN4O/c24-19-10-6-17(7-11-19)23(30)27-26-14-18-15-29(21-4-2-1-3-5-21)28-22(18)16-8-12-20(25)13-9-16/h1-15H,(H,27,30)/b26-14-. The lowest BCUT2D eigenvalue weighted by atomic mass is 10.1. The van der Waals surface area contributed by atoms with Crippen molar-refractivity contribution < 1.29 is 9.18 Å². The van der Waals surface area contributed by atoms with Gasteiger partial charge in [0.25, 0.3) is 5.91 Å². The van der Waals surface area contributed by atoms with Gasteiger partial charge in [0, 0.05) is 27.9 Å². The first kappa shape index (κ1) is 19.5. The molecule has 1 N–H and O–H groups in total. The second-order valence-corrected chi connectivity index (χ2v) is 6.86. The predicted molar refractivity (Wildman–Crippen MR) is 115 cm³/mol. The number of nitrogens with zero attached hydrogens (tertiary/aromatic N) is 3. The molecule has 0 aliphatic rings. The lowest BCUT2D eigenvalue weighted by Gasteiger charge is -2.01. The summed E-state index contributed by atoms with van der Waals surface area (Å²) in [6.45, 7) is 0. The minimum Gasteiger partial charge on any atom is -0.267 e. The molecule has 1 heterocycles. The van der Waals surface area contributed by atoms with E-state index in [1.165, 1.54) is 18.3 Å². The van der Waals surface area contributed by atoms with Crippen LogP contribution in [-0.4, -0.2) is 21.9 Å². The Labute approximate surface area is 177 Å². The van der Waals surface area contributed by atoms with E-state index in [0.29, 0.717) is 21.8 Å². The van der Waals surface area contributed by atoms with Gasteiger partial charge in [-0.15, -0.1) is 0 Å². The summed E-state index contributed by atoms with van der Waals surface area (Å²) in [5.74, 6) is -0.687. The Morgan fingerprint density at radius 2 is 1.70 bits per heavy atom. The summed E-state index contributed by atoms with van der Waals surface area (Å²) in [6, 6.07) is 22.1. The molecule has 0 spiro atoms. The van der Waals surface area contributed by atoms with Gasteiger partial charge in [-0.05, 0) is 60.7 Å². The van der Waals surface area contributed by atoms with Gasteiger partial charge in [-0.1, -0.05) is 29.8 Å². The smallest absolute Gasteiger partial charge is 0.267 e. The summed E-state index contributed by atoms with van der Waals surface area (Å²) in [6.07, 6.45) is 3.31. The molecule has 30 heavy (non-hydrogen) atoms. The van der Waals surface area contributed by atoms with Crippen LogP contribution >= 0.6 is 11.6 Å². The molecule has 0 bridgehead atoms. The number of carbonyl (C=O) groups is 1. The number of nitrogens with one attached hydrogen (secondary N) is 1. The summed E-state index contributed by atoms with van der Waals surface area (Å²) < 4.78 is 15.1. The lowest BCUT2D eigenvalue weighted by molar-refractivity contribution is 0.0955. The minimum atomic E-state index is -0.360. The average Bonchev–Trinajstić information content (AvgIpc) is 3.19. The van der Waals surface area contributed by atoms with E-state index in [1.54, 1.807) is 47.3 Å². The van der Waals surface area contributed by atoms with Gasteiger partial charge in [0.15, 0.2) is 0 Å². The number of hydrazone groups is 1. The minimum absolute atomic E-state index is 0.327. The van der Waals surface area contributed by atoms with E-state index in [-0.39, 0.29) is 11.7 Å². The Hall–Kier alpha value is -3.77. The third-order valence-electron chi connectivity index (χ3n) is 4.36. The molecule has 0 aliphatic carbocycles. The Morgan fingerprint density at radius 3 is 2.40 bits per heavy atom. The fourth-order valence-corrected chi connectivity index (χ4v) is 2.98. The molecule has 3 aromatic carbocycles. The highest BCUT2D eigenvalue weighted by Gasteiger charge is 2.12. The normalized spacial score (nSPS) is 11.0. The molecule has 1 amide bonds. The van der Waals surface area contributed by atoms with Crippen LogP contribution < -0.4 is 5.43 Å². The molecule has 4 rings (SSSR count). The van der Waals surface area contributed by atoms with Crippen molar-refractivity contribution in [2.45, 2.75) is 0 Å². The van der Waals surface area contributed by atoms with E-state index in [9.17, 15) is 9.18 Å². The molecule has 4 aromatic rings. The van der Waals surface area contributed by atoms with Crippen LogP contribution in [-0.2, 0) is 0 Å². The number of amides is 1. The predicted octanol–water partition coefficient (Wildman–Crippen LogP) is 5.10. The number of rotatable bonds is 5. The van der Waals surface area contributed by atoms with Crippen LogP contribution in [0.1, 0.15) is 15.9 Å². The molecule has 0 saturated heterocycles. The largest absolute Gasteiger partial charge is 0.271 e. The summed E-state index contributed by atoms with van der Waals surface area (Å²) in [5, 5.41) is 9.24. The van der Waals surface area contributed by atoms with Crippen LogP contribution in [0.4, 0.5) is 4.39 Å². The Kier molecular flexibility index (Phi) is 5.68. The van der Waals surface area contributed by atoms with E-state index in [0.717, 1.165) is 11.3 Å². The summed E-state index contributed by atoms with van der Waals surface area (Å²) in [5.41, 5.74) is 5.82. The van der Waals surface area contributed by atoms with Crippen LogP contribution in [0.3, 0.4) is 0 Å². The molecule has 5 nitrogen and oxygen atoms in total. The number of aromatic nitrogens is 2. The fourth-order valence-electron chi connectivity index (χ4n) is 2.85. The van der Waals surface area contributed by atoms with Gasteiger partial charge in [0.2, 0.25) is 0 Å². The zero-order valence-electron chi connectivity index (χ0n) is 15.7. The molecule has 0 radical (unpaired) electrons. The molecular formula is C23H16ClFN4O. The maximum Gasteiger partial charge on any atom is 0.271 e. The van der Waals surface area contributed by atoms with Crippen LogP contribution in [0, 0.1) is 5.82 Å². The van der Waals surface area contributed by atoms with Crippen LogP contribution in [0.5, 0.6) is 0 Å². The molecular weight excluding hydrogens is 403 g/mol. The number of carbonyl (C=O) groups excluding carboxylic acids is 1. The Balaban J connectivity index is 1.63. The first-order chi connectivity index (χ1) is 14.6. The highest BCUT2D eigenvalue weighted by atomic mass is 35.5. The van der Waals surface area contributed by atoms with Gasteiger partial charge in [-0.3, -0.25) is 4.79 Å². The van der Waals surface area contributed by atoms with Crippen molar-refractivity contribution in [2.75, 3.05) is 0 Å². The zero-order chi connectivity index (χ0) is 20.9. The summed E-state index contributed by atoms with van der Waals surface area (Å²) in [4.78, 5) is 12.2. The molecule has 0 atom stereocenters. The van der Waals surface area contributed by atoms with Gasteiger partial charge < -0.3 is 0 Å². The van der Waals surface area contributed by atoms with Crippen molar-refractivity contribution in [3.8, 4) is 16.9 Å². The lowest BCUT2D eigenvalue weighted by Crippen LogP contribution is -2.17. The molecule has 0 fully saturated rings. The molecule has 148 valence electrons. The van der Waals surface area contributed by atoms with Gasteiger partial charge >= 0.3 is 0 Å². The van der Waals surface area contributed by atoms with Gasteiger partial charge in [-0.2, -0.15) is 10.2 Å². The van der Waals surface area contributed by atoms with Crippen molar-refractivity contribution in [2.24, 2.45) is 5.10 Å². The highest BCUT2D eigenvalue weighted by molar-refractivity contribution is 6.30. The van der Waals surface area contributed by atoms with Gasteiger partial charge in [-0.25, -0.2) is 14.5 Å². The van der Waals surface area contributed by atoms with Crippen molar-refractivity contribution in [1.29, 1.82) is 0 Å². The number of hydrogen-bond acceptors (Lipinski definition) is 3. The summed E-state index contributed by atoms with van der Waals surface area (Å²) in [7, 11) is 0. The molecule has 7 heteroatoms. The van der Waals surface area contributed by atoms with E-state index in [2.05, 4.69) is 15.6 Å². The first-order valence-corrected chi connectivity index (χ1v) is 9.48. The van der Waals surface area contributed by atoms with Crippen LogP contribution in [0.15, 0.2) is 90.2 Å². The Bertz CT molecular complexity index is 1190. The molecule has 0 aliphatic heterocycles. The van der Waals surface area contributed by atoms with Crippen molar-refractivity contribution in [3.63, 3.8) is 0 Å². The van der Waals surface area contributed by atoms with E-state index in [4.69, 9.17) is 11.6 Å². The van der Waals surface area contributed by atoms with Crippen molar-refractivity contribution >= 4 is 23.7 Å². The number of para-hydroxylation sites is 1. The van der Waals surface area contributed by atoms with E-state index < -0.39 is 0 Å². The third-order valence-corrected chi connectivity index (χ3v) is 4.61. The SMILES string of the molecule is O=C(N/N=C\c1cn(-c2ccccc2)nc1-c1ccc(F)cc1)c1ccc(Cl)cc1. The van der Waals surface area contributed by atoms with Gasteiger partial charge in [0.05, 0.1) is 11.9 Å². The number of benzene rings is 3. The highest BCUT2D eigenvalue weighted by Crippen LogP contribution is 2.23. The van der Waals surface area contributed by atoms with Crippen molar-refractivity contribution in [3.05, 3.63) is 107 Å². The maximum absolute atomic E-state index is 13.3. The molecule has 0 saturated carbocycles. The number of halogens is 2. The quantitative estimate of drug-likeness (QED) is 0.362. The Morgan fingerprint density at radius 1 is 1.00 bits per heavy atom. The second-order valence-electron chi connectivity index (χ2n) is 6.43. The van der Waals surface area contributed by atoms with E-state index in [1.807, 2.05) is 30.3 Å². The second kappa shape index (κ2) is 8.71. The maximum atomic E-state index is 13.3. The molecule has 0 unspecified atom stereocenters. The monoisotopic (exact) mass is 418 g/mol. The first-order valence-electron chi connectivity index (χ1n) is 9.10. The average molecular weight is 419 g/mol. The van der Waals surface area contributed by atoms with Crippen LogP contribution in [0.2, 0.25) is 5.02 Å².